The number of aliphatic hydroxyl groups is 1. The first-order valence-electron chi connectivity index (χ1n) is 10.3. The third kappa shape index (κ3) is 2.90. The fraction of sp³-hybridized carbons (Fsp3) is 0.391. The fourth-order valence-electron chi connectivity index (χ4n) is 3.84. The summed E-state index contributed by atoms with van der Waals surface area (Å²) in [6.07, 6.45) is 3.03. The van der Waals surface area contributed by atoms with Crippen molar-refractivity contribution in [2.24, 2.45) is 0 Å². The standard InChI is InChI=1S/C23H25N5O/c1-5-23(4,29)16-9-6-13(2)17(12-16)21-27-26-20-14(3)24-19-11-10-18(15-7-8-15)25-22(19)28(20)21/h6,9-12,15,29H,5,7-8H2,1-4H3. The first kappa shape index (κ1) is 18.2. The van der Waals surface area contributed by atoms with E-state index in [2.05, 4.69) is 29.3 Å². The molecule has 4 aromatic rings. The Kier molecular flexibility index (Phi) is 3.96. The highest BCUT2D eigenvalue weighted by Crippen LogP contribution is 2.39. The Morgan fingerprint density at radius 2 is 1.86 bits per heavy atom. The Labute approximate surface area is 169 Å². The van der Waals surface area contributed by atoms with Crippen LogP contribution in [-0.2, 0) is 5.60 Å². The smallest absolute Gasteiger partial charge is 0.184 e. The summed E-state index contributed by atoms with van der Waals surface area (Å²) < 4.78 is 2.02. The van der Waals surface area contributed by atoms with Crippen molar-refractivity contribution in [2.45, 2.75) is 58.5 Å². The molecule has 5 rings (SSSR count). The van der Waals surface area contributed by atoms with Crippen LogP contribution in [0.5, 0.6) is 0 Å². The van der Waals surface area contributed by atoms with Gasteiger partial charge < -0.3 is 5.11 Å². The number of nitrogens with zero attached hydrogens (tertiary/aromatic N) is 5. The molecule has 0 bridgehead atoms. The molecule has 1 fully saturated rings. The summed E-state index contributed by atoms with van der Waals surface area (Å²) in [4.78, 5) is 9.65. The van der Waals surface area contributed by atoms with Crippen molar-refractivity contribution in [1.29, 1.82) is 0 Å². The zero-order valence-electron chi connectivity index (χ0n) is 17.3. The molecule has 0 spiro atoms. The molecule has 1 saturated carbocycles. The molecule has 1 atom stereocenters. The monoisotopic (exact) mass is 387 g/mol. The minimum Gasteiger partial charge on any atom is -0.385 e. The maximum Gasteiger partial charge on any atom is 0.184 e. The molecule has 1 aromatic carbocycles. The molecule has 0 saturated heterocycles. The van der Waals surface area contributed by atoms with E-state index in [9.17, 15) is 5.11 Å². The zero-order valence-corrected chi connectivity index (χ0v) is 17.3. The summed E-state index contributed by atoms with van der Waals surface area (Å²) >= 11 is 0. The van der Waals surface area contributed by atoms with Crippen molar-refractivity contribution in [2.75, 3.05) is 0 Å². The minimum atomic E-state index is -0.889. The zero-order chi connectivity index (χ0) is 20.3. The van der Waals surface area contributed by atoms with Crippen LogP contribution in [0.15, 0.2) is 30.3 Å². The summed E-state index contributed by atoms with van der Waals surface area (Å²) in [7, 11) is 0. The highest BCUT2D eigenvalue weighted by molar-refractivity contribution is 5.79. The van der Waals surface area contributed by atoms with Gasteiger partial charge in [-0.1, -0.05) is 19.1 Å². The largest absolute Gasteiger partial charge is 0.385 e. The van der Waals surface area contributed by atoms with Crippen LogP contribution in [0.4, 0.5) is 0 Å². The highest BCUT2D eigenvalue weighted by atomic mass is 16.3. The van der Waals surface area contributed by atoms with Gasteiger partial charge in [0.1, 0.15) is 5.52 Å². The molecule has 3 heterocycles. The van der Waals surface area contributed by atoms with E-state index < -0.39 is 5.60 Å². The lowest BCUT2D eigenvalue weighted by atomic mass is 9.90. The van der Waals surface area contributed by atoms with E-state index in [1.165, 1.54) is 12.8 Å². The molecule has 1 aliphatic carbocycles. The number of aromatic nitrogens is 5. The van der Waals surface area contributed by atoms with Gasteiger partial charge in [0.15, 0.2) is 17.1 Å². The molecule has 6 nitrogen and oxygen atoms in total. The number of fused-ring (bicyclic) bond motifs is 3. The van der Waals surface area contributed by atoms with Gasteiger partial charge in [-0.15, -0.1) is 10.2 Å². The summed E-state index contributed by atoms with van der Waals surface area (Å²) in [6.45, 7) is 7.83. The van der Waals surface area contributed by atoms with Gasteiger partial charge in [0.25, 0.3) is 0 Å². The lowest BCUT2D eigenvalue weighted by Crippen LogP contribution is -2.19. The van der Waals surface area contributed by atoms with Gasteiger partial charge in [0, 0.05) is 17.2 Å². The maximum absolute atomic E-state index is 10.8. The topological polar surface area (TPSA) is 76.2 Å². The van der Waals surface area contributed by atoms with Crippen LogP contribution >= 0.6 is 0 Å². The van der Waals surface area contributed by atoms with E-state index in [0.717, 1.165) is 50.7 Å². The van der Waals surface area contributed by atoms with Crippen molar-refractivity contribution < 1.29 is 5.11 Å². The van der Waals surface area contributed by atoms with Crippen LogP contribution in [0.1, 0.15) is 61.5 Å². The molecule has 1 aliphatic rings. The maximum atomic E-state index is 10.8. The molecule has 1 N–H and O–H groups in total. The second-order valence-corrected chi connectivity index (χ2v) is 8.39. The number of hydrogen-bond acceptors (Lipinski definition) is 5. The van der Waals surface area contributed by atoms with Gasteiger partial charge in [0.05, 0.1) is 11.3 Å². The van der Waals surface area contributed by atoms with Gasteiger partial charge in [-0.3, -0.25) is 4.40 Å². The molecular formula is C23H25N5O. The summed E-state index contributed by atoms with van der Waals surface area (Å²) in [5.74, 6) is 1.29. The van der Waals surface area contributed by atoms with Crippen molar-refractivity contribution in [1.82, 2.24) is 24.6 Å². The van der Waals surface area contributed by atoms with Gasteiger partial charge >= 0.3 is 0 Å². The molecule has 0 amide bonds. The van der Waals surface area contributed by atoms with Gasteiger partial charge in [-0.05, 0) is 69.4 Å². The Morgan fingerprint density at radius 1 is 1.07 bits per heavy atom. The fourth-order valence-corrected chi connectivity index (χ4v) is 3.84. The van der Waals surface area contributed by atoms with Crippen molar-refractivity contribution >= 4 is 16.8 Å². The molecule has 1 unspecified atom stereocenters. The molecule has 0 radical (unpaired) electrons. The highest BCUT2D eigenvalue weighted by Gasteiger charge is 2.27. The number of pyridine rings is 1. The summed E-state index contributed by atoms with van der Waals surface area (Å²) in [5.41, 5.74) is 6.32. The first-order chi connectivity index (χ1) is 13.9. The number of hydrogen-bond donors (Lipinski definition) is 1. The van der Waals surface area contributed by atoms with E-state index in [1.54, 1.807) is 0 Å². The Balaban J connectivity index is 1.81. The van der Waals surface area contributed by atoms with E-state index in [1.807, 2.05) is 43.4 Å². The SMILES string of the molecule is CCC(C)(O)c1ccc(C)c(-c2nnc3c(C)nc4ccc(C5CC5)nc4n23)c1. The van der Waals surface area contributed by atoms with E-state index >= 15 is 0 Å². The average Bonchev–Trinajstić information content (AvgIpc) is 3.46. The molecule has 6 heteroatoms. The lowest BCUT2D eigenvalue weighted by molar-refractivity contribution is 0.0531. The minimum absolute atomic E-state index is 0.556. The molecule has 29 heavy (non-hydrogen) atoms. The number of rotatable bonds is 4. The van der Waals surface area contributed by atoms with Gasteiger partial charge in [0.2, 0.25) is 0 Å². The van der Waals surface area contributed by atoms with Crippen LogP contribution in [0.3, 0.4) is 0 Å². The predicted molar refractivity (Wildman–Crippen MR) is 113 cm³/mol. The average molecular weight is 387 g/mol. The molecule has 0 aliphatic heterocycles. The third-order valence-electron chi connectivity index (χ3n) is 6.15. The first-order valence-corrected chi connectivity index (χ1v) is 10.3. The van der Waals surface area contributed by atoms with Crippen molar-refractivity contribution in [3.8, 4) is 11.4 Å². The van der Waals surface area contributed by atoms with Crippen LogP contribution in [-0.4, -0.2) is 29.7 Å². The predicted octanol–water partition coefficient (Wildman–Crippen LogP) is 4.45. The van der Waals surface area contributed by atoms with E-state index in [0.29, 0.717) is 12.3 Å². The second kappa shape index (κ2) is 6.32. The van der Waals surface area contributed by atoms with Gasteiger partial charge in [-0.25, -0.2) is 9.97 Å². The van der Waals surface area contributed by atoms with E-state index in [-0.39, 0.29) is 0 Å². The van der Waals surface area contributed by atoms with Crippen molar-refractivity contribution in [3.05, 3.63) is 52.8 Å². The molecule has 3 aromatic heterocycles. The van der Waals surface area contributed by atoms with Crippen molar-refractivity contribution in [3.63, 3.8) is 0 Å². The lowest BCUT2D eigenvalue weighted by Gasteiger charge is -2.23. The Bertz CT molecular complexity index is 1250. The molecule has 148 valence electrons. The Hall–Kier alpha value is -2.86. The van der Waals surface area contributed by atoms with Crippen LogP contribution < -0.4 is 0 Å². The second-order valence-electron chi connectivity index (χ2n) is 8.39. The molecular weight excluding hydrogens is 362 g/mol. The van der Waals surface area contributed by atoms with Crippen LogP contribution in [0.2, 0.25) is 0 Å². The van der Waals surface area contributed by atoms with E-state index in [4.69, 9.17) is 9.97 Å². The third-order valence-corrected chi connectivity index (χ3v) is 6.15. The van der Waals surface area contributed by atoms with Crippen LogP contribution in [0.25, 0.3) is 28.2 Å². The Morgan fingerprint density at radius 3 is 2.59 bits per heavy atom. The summed E-state index contributed by atoms with van der Waals surface area (Å²) in [5, 5.41) is 19.7. The number of benzene rings is 1. The number of aryl methyl sites for hydroxylation is 2. The van der Waals surface area contributed by atoms with Gasteiger partial charge in [-0.2, -0.15) is 0 Å². The normalized spacial score (nSPS) is 16.4. The van der Waals surface area contributed by atoms with Crippen LogP contribution in [0, 0.1) is 13.8 Å². The quantitative estimate of drug-likeness (QED) is 0.560. The summed E-state index contributed by atoms with van der Waals surface area (Å²) in [6, 6.07) is 10.2.